The van der Waals surface area contributed by atoms with Gasteiger partial charge in [0.05, 0.1) is 5.56 Å². The van der Waals surface area contributed by atoms with E-state index in [0.717, 1.165) is 0 Å². The first-order valence-electron chi connectivity index (χ1n) is 7.07. The van der Waals surface area contributed by atoms with Gasteiger partial charge in [0.15, 0.2) is 5.78 Å². The van der Waals surface area contributed by atoms with E-state index < -0.39 is 0 Å². The summed E-state index contributed by atoms with van der Waals surface area (Å²) in [7, 11) is 0. The van der Waals surface area contributed by atoms with Gasteiger partial charge in [0, 0.05) is 16.3 Å². The molecule has 0 amide bonds. The van der Waals surface area contributed by atoms with Crippen molar-refractivity contribution in [1.29, 1.82) is 0 Å². The summed E-state index contributed by atoms with van der Waals surface area (Å²) in [6.07, 6.45) is 0. The average Bonchev–Trinajstić information content (AvgIpc) is 2.58. The average molecular weight is 324 g/mol. The highest BCUT2D eigenvalue weighted by atomic mass is 35.5. The van der Waals surface area contributed by atoms with Crippen molar-refractivity contribution in [2.24, 2.45) is 0 Å². The van der Waals surface area contributed by atoms with Crippen LogP contribution in [-0.2, 0) is 0 Å². The van der Waals surface area contributed by atoms with E-state index in [0.29, 0.717) is 33.3 Å². The molecule has 3 aromatic rings. The minimum Gasteiger partial charge on any atom is -0.457 e. The Morgan fingerprint density at radius 1 is 0.870 bits per heavy atom. The van der Waals surface area contributed by atoms with Crippen molar-refractivity contribution in [3.63, 3.8) is 0 Å². The molecule has 0 saturated carbocycles. The molecule has 0 saturated heterocycles. The van der Waals surface area contributed by atoms with Gasteiger partial charge >= 0.3 is 0 Å². The second kappa shape index (κ2) is 6.55. The van der Waals surface area contributed by atoms with Gasteiger partial charge in [0.1, 0.15) is 11.5 Å². The van der Waals surface area contributed by atoms with Crippen LogP contribution in [0.4, 0.5) is 5.69 Å². The van der Waals surface area contributed by atoms with Gasteiger partial charge in [-0.1, -0.05) is 41.9 Å². The van der Waals surface area contributed by atoms with Crippen molar-refractivity contribution in [1.82, 2.24) is 0 Å². The number of rotatable bonds is 4. The number of carbonyl (C=O) groups excluding carboxylic acids is 1. The third-order valence-electron chi connectivity index (χ3n) is 3.36. The van der Waals surface area contributed by atoms with Gasteiger partial charge in [-0.15, -0.1) is 0 Å². The summed E-state index contributed by atoms with van der Waals surface area (Å²) in [5, 5.41) is 0.462. The molecule has 4 heteroatoms. The normalized spacial score (nSPS) is 10.3. The number of carbonyl (C=O) groups is 1. The molecule has 0 aliphatic carbocycles. The SMILES string of the molecule is Nc1ccc(Cl)cc1C(=O)c1ccccc1Oc1ccccc1. The summed E-state index contributed by atoms with van der Waals surface area (Å²) in [5.41, 5.74) is 7.09. The second-order valence-electron chi connectivity index (χ2n) is 4.97. The Kier molecular flexibility index (Phi) is 4.31. The largest absolute Gasteiger partial charge is 0.457 e. The predicted molar refractivity (Wildman–Crippen MR) is 92.3 cm³/mol. The standard InChI is InChI=1S/C19H14ClNO2/c20-13-10-11-17(21)16(12-13)19(22)15-8-4-5-9-18(15)23-14-6-2-1-3-7-14/h1-12H,21H2. The zero-order valence-electron chi connectivity index (χ0n) is 12.2. The molecule has 0 aromatic heterocycles. The summed E-state index contributed by atoms with van der Waals surface area (Å²) in [6, 6.07) is 21.2. The van der Waals surface area contributed by atoms with Crippen LogP contribution in [0.3, 0.4) is 0 Å². The topological polar surface area (TPSA) is 52.3 Å². The molecule has 0 spiro atoms. The van der Waals surface area contributed by atoms with Gasteiger partial charge in [-0.25, -0.2) is 0 Å². The van der Waals surface area contributed by atoms with Crippen molar-refractivity contribution < 1.29 is 9.53 Å². The summed E-state index contributed by atoms with van der Waals surface area (Å²) >= 11 is 5.98. The highest BCUT2D eigenvalue weighted by molar-refractivity contribution is 6.31. The number of hydrogen-bond donors (Lipinski definition) is 1. The molecule has 0 aliphatic rings. The first kappa shape index (κ1) is 15.1. The zero-order valence-corrected chi connectivity index (χ0v) is 13.0. The zero-order chi connectivity index (χ0) is 16.2. The van der Waals surface area contributed by atoms with Crippen LogP contribution in [0.5, 0.6) is 11.5 Å². The molecule has 0 unspecified atom stereocenters. The Morgan fingerprint density at radius 3 is 2.35 bits per heavy atom. The van der Waals surface area contributed by atoms with E-state index in [1.165, 1.54) is 0 Å². The molecule has 0 aliphatic heterocycles. The van der Waals surface area contributed by atoms with Gasteiger partial charge in [-0.3, -0.25) is 4.79 Å². The van der Waals surface area contributed by atoms with E-state index in [1.807, 2.05) is 36.4 Å². The maximum absolute atomic E-state index is 12.8. The van der Waals surface area contributed by atoms with E-state index in [4.69, 9.17) is 22.1 Å². The molecule has 0 fully saturated rings. The Bertz CT molecular complexity index is 847. The van der Waals surface area contributed by atoms with E-state index in [9.17, 15) is 4.79 Å². The van der Waals surface area contributed by atoms with E-state index in [1.54, 1.807) is 36.4 Å². The lowest BCUT2D eigenvalue weighted by Crippen LogP contribution is -2.07. The minimum atomic E-state index is -0.225. The van der Waals surface area contributed by atoms with Crippen LogP contribution in [0.15, 0.2) is 72.8 Å². The van der Waals surface area contributed by atoms with Crippen molar-refractivity contribution in [2.45, 2.75) is 0 Å². The van der Waals surface area contributed by atoms with Crippen molar-refractivity contribution >= 4 is 23.1 Å². The lowest BCUT2D eigenvalue weighted by Gasteiger charge is -2.11. The highest BCUT2D eigenvalue weighted by Gasteiger charge is 2.17. The third kappa shape index (κ3) is 3.35. The summed E-state index contributed by atoms with van der Waals surface area (Å²) in [6.45, 7) is 0. The van der Waals surface area contributed by atoms with E-state index >= 15 is 0 Å². The Labute approximate surface area is 139 Å². The number of ether oxygens (including phenoxy) is 1. The molecule has 114 valence electrons. The number of ketones is 1. The molecule has 23 heavy (non-hydrogen) atoms. The first-order valence-corrected chi connectivity index (χ1v) is 7.44. The monoisotopic (exact) mass is 323 g/mol. The maximum Gasteiger partial charge on any atom is 0.198 e. The van der Waals surface area contributed by atoms with Gasteiger partial charge in [0.2, 0.25) is 0 Å². The van der Waals surface area contributed by atoms with Crippen LogP contribution in [0.2, 0.25) is 5.02 Å². The first-order chi connectivity index (χ1) is 11.1. The van der Waals surface area contributed by atoms with Crippen LogP contribution < -0.4 is 10.5 Å². The van der Waals surface area contributed by atoms with Crippen LogP contribution >= 0.6 is 11.6 Å². The van der Waals surface area contributed by atoms with Gasteiger partial charge in [0.25, 0.3) is 0 Å². The van der Waals surface area contributed by atoms with Crippen LogP contribution in [0.25, 0.3) is 0 Å². The number of anilines is 1. The molecule has 0 bridgehead atoms. The number of nitrogens with two attached hydrogens (primary N) is 1. The second-order valence-corrected chi connectivity index (χ2v) is 5.41. The molecule has 2 N–H and O–H groups in total. The summed E-state index contributed by atoms with van der Waals surface area (Å²) < 4.78 is 5.83. The molecule has 3 aromatic carbocycles. The molecule has 3 nitrogen and oxygen atoms in total. The van der Waals surface area contributed by atoms with E-state index in [2.05, 4.69) is 0 Å². The molecular formula is C19H14ClNO2. The smallest absolute Gasteiger partial charge is 0.198 e. The molecule has 0 heterocycles. The van der Waals surface area contributed by atoms with Gasteiger partial charge in [-0.05, 0) is 42.5 Å². The fraction of sp³-hybridized carbons (Fsp3) is 0. The number of nitrogen functional groups attached to an aromatic ring is 1. The number of para-hydroxylation sites is 2. The lowest BCUT2D eigenvalue weighted by molar-refractivity contribution is 0.103. The maximum atomic E-state index is 12.8. The number of halogens is 1. The van der Waals surface area contributed by atoms with E-state index in [-0.39, 0.29) is 5.78 Å². The van der Waals surface area contributed by atoms with Crippen molar-refractivity contribution in [2.75, 3.05) is 5.73 Å². The summed E-state index contributed by atoms with van der Waals surface area (Å²) in [4.78, 5) is 12.8. The Balaban J connectivity index is 2.00. The van der Waals surface area contributed by atoms with Gasteiger partial charge in [-0.2, -0.15) is 0 Å². The van der Waals surface area contributed by atoms with Gasteiger partial charge < -0.3 is 10.5 Å². The Morgan fingerprint density at radius 2 is 1.57 bits per heavy atom. The quantitative estimate of drug-likeness (QED) is 0.546. The fourth-order valence-corrected chi connectivity index (χ4v) is 2.40. The molecule has 0 radical (unpaired) electrons. The van der Waals surface area contributed by atoms with Crippen molar-refractivity contribution in [3.05, 3.63) is 88.9 Å². The van der Waals surface area contributed by atoms with Crippen LogP contribution in [0.1, 0.15) is 15.9 Å². The minimum absolute atomic E-state index is 0.225. The fourth-order valence-electron chi connectivity index (χ4n) is 2.23. The molecule has 3 rings (SSSR count). The Hall–Kier alpha value is -2.78. The molecule has 0 atom stereocenters. The highest BCUT2D eigenvalue weighted by Crippen LogP contribution is 2.29. The predicted octanol–water partition coefficient (Wildman–Crippen LogP) is 4.95. The van der Waals surface area contributed by atoms with Crippen LogP contribution in [-0.4, -0.2) is 5.78 Å². The lowest BCUT2D eigenvalue weighted by atomic mass is 10.0. The van der Waals surface area contributed by atoms with Crippen molar-refractivity contribution in [3.8, 4) is 11.5 Å². The molecular weight excluding hydrogens is 310 g/mol. The summed E-state index contributed by atoms with van der Waals surface area (Å²) in [5.74, 6) is 0.909. The number of hydrogen-bond acceptors (Lipinski definition) is 3. The number of benzene rings is 3. The van der Waals surface area contributed by atoms with Crippen LogP contribution in [0, 0.1) is 0 Å². The third-order valence-corrected chi connectivity index (χ3v) is 3.60.